The number of carbonyl (C=O) groups is 1. The predicted octanol–water partition coefficient (Wildman–Crippen LogP) is 4.03. The van der Waals surface area contributed by atoms with Crippen molar-refractivity contribution in [2.24, 2.45) is 5.92 Å². The number of fused-ring (bicyclic) bond motifs is 1. The van der Waals surface area contributed by atoms with E-state index in [1.165, 1.54) is 18.3 Å². The van der Waals surface area contributed by atoms with Gasteiger partial charge in [-0.3, -0.25) is 4.79 Å². The minimum Gasteiger partial charge on any atom is -0.363 e. The molecule has 0 fully saturated rings. The molecule has 134 valence electrons. The largest absolute Gasteiger partial charge is 0.363 e. The number of anilines is 2. The molecule has 2 aromatic rings. The molecule has 3 atom stereocenters. The summed E-state index contributed by atoms with van der Waals surface area (Å²) in [5.41, 5.74) is 1.95. The Kier molecular flexibility index (Phi) is 4.90. The highest BCUT2D eigenvalue weighted by Gasteiger charge is 2.39. The number of carbonyl (C=O) groups excluding carboxylic acids is 1. The van der Waals surface area contributed by atoms with Crippen molar-refractivity contribution in [3.05, 3.63) is 53.5 Å². The van der Waals surface area contributed by atoms with E-state index in [1.54, 1.807) is 30.0 Å². The average Bonchev–Trinajstić information content (AvgIpc) is 2.63. The Bertz CT molecular complexity index is 859. The van der Waals surface area contributed by atoms with Crippen LogP contribution in [0.2, 0.25) is 0 Å². The van der Waals surface area contributed by atoms with E-state index in [9.17, 15) is 9.18 Å². The van der Waals surface area contributed by atoms with Crippen molar-refractivity contribution < 1.29 is 9.18 Å². The third-order valence-electron chi connectivity index (χ3n) is 5.00. The highest BCUT2D eigenvalue weighted by Crippen LogP contribution is 2.43. The molecule has 1 amide bonds. The molecular formula is C20H21FN4O. The highest BCUT2D eigenvalue weighted by atomic mass is 19.1. The van der Waals surface area contributed by atoms with Crippen LogP contribution in [0.5, 0.6) is 0 Å². The number of nitrogens with one attached hydrogen (secondary N) is 1. The Morgan fingerprint density at radius 2 is 2.15 bits per heavy atom. The summed E-state index contributed by atoms with van der Waals surface area (Å²) in [7, 11) is 0. The van der Waals surface area contributed by atoms with Gasteiger partial charge in [0.1, 0.15) is 17.7 Å². The number of aromatic nitrogens is 1. The Hall–Kier alpha value is -2.94. The second kappa shape index (κ2) is 7.12. The minimum absolute atomic E-state index is 0.00124. The van der Waals surface area contributed by atoms with E-state index in [1.807, 2.05) is 13.0 Å². The summed E-state index contributed by atoms with van der Waals surface area (Å²) in [6.07, 6.45) is 2.29. The lowest BCUT2D eigenvalue weighted by atomic mass is 9.81. The van der Waals surface area contributed by atoms with Gasteiger partial charge in [-0.1, -0.05) is 13.8 Å². The minimum atomic E-state index is -0.339. The van der Waals surface area contributed by atoms with E-state index in [0.29, 0.717) is 11.4 Å². The first kappa shape index (κ1) is 17.9. The molecule has 1 aliphatic rings. The van der Waals surface area contributed by atoms with Crippen LogP contribution in [0.3, 0.4) is 0 Å². The lowest BCUT2D eigenvalue weighted by molar-refractivity contribution is -0.117. The van der Waals surface area contributed by atoms with Gasteiger partial charge < -0.3 is 10.2 Å². The molecule has 1 aliphatic heterocycles. The molecular weight excluding hydrogens is 331 g/mol. The monoisotopic (exact) mass is 352 g/mol. The standard InChI is InChI=1S/C20H21FN4O/c1-4-17-12(2)20(24-19-8-5-14(10-22)11-23-19)16-9-15(21)6-7-18(16)25(17)13(3)26/h5-9,11-12,17,20H,4H2,1-3H3,(H,23,24)/t12-,17-,20+/m0/s1. The number of benzene rings is 1. The van der Waals surface area contributed by atoms with Crippen LogP contribution in [0.4, 0.5) is 15.9 Å². The zero-order valence-electron chi connectivity index (χ0n) is 15.0. The van der Waals surface area contributed by atoms with Crippen LogP contribution in [0.1, 0.15) is 44.4 Å². The van der Waals surface area contributed by atoms with E-state index in [2.05, 4.69) is 17.2 Å². The zero-order valence-corrected chi connectivity index (χ0v) is 15.0. The number of nitriles is 1. The van der Waals surface area contributed by atoms with Gasteiger partial charge in [-0.2, -0.15) is 5.26 Å². The molecule has 0 saturated carbocycles. The van der Waals surface area contributed by atoms with Gasteiger partial charge in [-0.25, -0.2) is 9.37 Å². The normalized spacial score (nSPS) is 21.7. The second-order valence-corrected chi connectivity index (χ2v) is 6.59. The van der Waals surface area contributed by atoms with Gasteiger partial charge in [0.2, 0.25) is 5.91 Å². The van der Waals surface area contributed by atoms with Crippen LogP contribution in [-0.2, 0) is 4.79 Å². The maximum atomic E-state index is 14.0. The highest BCUT2D eigenvalue weighted by molar-refractivity contribution is 5.94. The van der Waals surface area contributed by atoms with Gasteiger partial charge in [-0.15, -0.1) is 0 Å². The number of amides is 1. The SMILES string of the molecule is CC[C@H]1[C@H](C)[C@@H](Nc2ccc(C#N)cn2)c2cc(F)ccc2N1C(C)=O. The van der Waals surface area contributed by atoms with Gasteiger partial charge >= 0.3 is 0 Å². The summed E-state index contributed by atoms with van der Waals surface area (Å²) < 4.78 is 14.0. The first-order valence-electron chi connectivity index (χ1n) is 8.68. The molecule has 6 heteroatoms. The Labute approximate surface area is 152 Å². The van der Waals surface area contributed by atoms with Gasteiger partial charge in [0.15, 0.2) is 0 Å². The number of hydrogen-bond donors (Lipinski definition) is 1. The molecule has 2 heterocycles. The van der Waals surface area contributed by atoms with Gasteiger partial charge in [0.25, 0.3) is 0 Å². The number of halogens is 1. The maximum absolute atomic E-state index is 14.0. The van der Waals surface area contributed by atoms with Crippen molar-refractivity contribution in [2.75, 3.05) is 10.2 Å². The quantitative estimate of drug-likeness (QED) is 0.905. The first-order valence-corrected chi connectivity index (χ1v) is 8.68. The fourth-order valence-electron chi connectivity index (χ4n) is 3.78. The number of hydrogen-bond acceptors (Lipinski definition) is 4. The molecule has 0 aliphatic carbocycles. The van der Waals surface area contributed by atoms with Crippen molar-refractivity contribution in [3.63, 3.8) is 0 Å². The van der Waals surface area contributed by atoms with Gasteiger partial charge in [0.05, 0.1) is 11.6 Å². The molecule has 0 spiro atoms. The van der Waals surface area contributed by atoms with Crippen LogP contribution in [0.25, 0.3) is 0 Å². The van der Waals surface area contributed by atoms with Crippen molar-refractivity contribution in [1.29, 1.82) is 5.26 Å². The second-order valence-electron chi connectivity index (χ2n) is 6.59. The Morgan fingerprint density at radius 1 is 1.38 bits per heavy atom. The zero-order chi connectivity index (χ0) is 18.8. The summed E-state index contributed by atoms with van der Waals surface area (Å²) in [6, 6.07) is 9.81. The van der Waals surface area contributed by atoms with Crippen molar-refractivity contribution in [2.45, 2.75) is 39.3 Å². The topological polar surface area (TPSA) is 69.0 Å². The summed E-state index contributed by atoms with van der Waals surface area (Å²) in [4.78, 5) is 18.3. The number of rotatable bonds is 3. The summed E-state index contributed by atoms with van der Waals surface area (Å²) in [5.74, 6) is 0.276. The molecule has 0 bridgehead atoms. The fraction of sp³-hybridized carbons (Fsp3) is 0.350. The summed E-state index contributed by atoms with van der Waals surface area (Å²) in [5, 5.41) is 12.3. The lowest BCUT2D eigenvalue weighted by Gasteiger charge is -2.45. The van der Waals surface area contributed by atoms with Crippen molar-refractivity contribution >= 4 is 17.4 Å². The predicted molar refractivity (Wildman–Crippen MR) is 98.1 cm³/mol. The molecule has 3 rings (SSSR count). The van der Waals surface area contributed by atoms with Crippen LogP contribution in [0, 0.1) is 23.1 Å². The van der Waals surface area contributed by atoms with E-state index < -0.39 is 0 Å². The van der Waals surface area contributed by atoms with Crippen molar-refractivity contribution in [1.82, 2.24) is 4.98 Å². The van der Waals surface area contributed by atoms with Crippen LogP contribution < -0.4 is 10.2 Å². The third-order valence-corrected chi connectivity index (χ3v) is 5.00. The van der Waals surface area contributed by atoms with Gasteiger partial charge in [-0.05, 0) is 36.8 Å². The molecule has 0 radical (unpaired) electrons. The number of nitrogens with zero attached hydrogens (tertiary/aromatic N) is 3. The third kappa shape index (κ3) is 3.13. The lowest BCUT2D eigenvalue weighted by Crippen LogP contribution is -2.49. The molecule has 1 aromatic heterocycles. The molecule has 5 nitrogen and oxygen atoms in total. The summed E-state index contributed by atoms with van der Waals surface area (Å²) >= 11 is 0. The maximum Gasteiger partial charge on any atom is 0.224 e. The molecule has 1 aromatic carbocycles. The van der Waals surface area contributed by atoms with E-state index in [0.717, 1.165) is 17.7 Å². The van der Waals surface area contributed by atoms with Crippen molar-refractivity contribution in [3.8, 4) is 6.07 Å². The Balaban J connectivity index is 2.05. The van der Waals surface area contributed by atoms with E-state index >= 15 is 0 Å². The smallest absolute Gasteiger partial charge is 0.224 e. The molecule has 26 heavy (non-hydrogen) atoms. The Morgan fingerprint density at radius 3 is 2.73 bits per heavy atom. The first-order chi connectivity index (χ1) is 12.5. The van der Waals surface area contributed by atoms with Crippen LogP contribution in [0.15, 0.2) is 36.5 Å². The van der Waals surface area contributed by atoms with Crippen LogP contribution in [-0.4, -0.2) is 16.9 Å². The fourth-order valence-corrected chi connectivity index (χ4v) is 3.78. The average molecular weight is 352 g/mol. The molecule has 1 N–H and O–H groups in total. The number of pyridine rings is 1. The van der Waals surface area contributed by atoms with E-state index in [4.69, 9.17) is 5.26 Å². The molecule has 0 unspecified atom stereocenters. The van der Waals surface area contributed by atoms with E-state index in [-0.39, 0.29) is 29.7 Å². The van der Waals surface area contributed by atoms with Gasteiger partial charge in [0, 0.05) is 36.3 Å². The van der Waals surface area contributed by atoms with Crippen LogP contribution >= 0.6 is 0 Å². The summed E-state index contributed by atoms with van der Waals surface area (Å²) in [6.45, 7) is 5.64. The molecule has 0 saturated heterocycles.